The zero-order chi connectivity index (χ0) is 18.2. The van der Waals surface area contributed by atoms with Crippen LogP contribution in [0.15, 0.2) is 48.5 Å². The van der Waals surface area contributed by atoms with Gasteiger partial charge in [0, 0.05) is 41.3 Å². The molecule has 3 N–H and O–H groups in total. The molecule has 0 radical (unpaired) electrons. The number of amides is 1. The molecular weight excluding hydrogens is 407 g/mol. The van der Waals surface area contributed by atoms with Gasteiger partial charge in [0.1, 0.15) is 0 Å². The van der Waals surface area contributed by atoms with E-state index < -0.39 is 0 Å². The molecule has 1 aliphatic carbocycles. The van der Waals surface area contributed by atoms with Crippen molar-refractivity contribution in [3.05, 3.63) is 65.2 Å². The monoisotopic (exact) mass is 430 g/mol. The first-order chi connectivity index (χ1) is 13.3. The molecule has 29 heavy (non-hydrogen) atoms. The van der Waals surface area contributed by atoms with E-state index in [0.29, 0.717) is 18.2 Å². The summed E-state index contributed by atoms with van der Waals surface area (Å²) in [5.41, 5.74) is 7.62. The van der Waals surface area contributed by atoms with E-state index >= 15 is 0 Å². The smallest absolute Gasteiger partial charge is 0.251 e. The Balaban J connectivity index is 0.00000120. The van der Waals surface area contributed by atoms with Crippen LogP contribution in [0.3, 0.4) is 0 Å². The number of benzene rings is 2. The van der Waals surface area contributed by atoms with Gasteiger partial charge in [-0.2, -0.15) is 5.10 Å². The van der Waals surface area contributed by atoms with E-state index in [2.05, 4.69) is 45.1 Å². The van der Waals surface area contributed by atoms with E-state index in [1.807, 2.05) is 24.3 Å². The van der Waals surface area contributed by atoms with Crippen LogP contribution in [0.1, 0.15) is 34.3 Å². The average molecular weight is 431 g/mol. The molecule has 1 fully saturated rings. The molecule has 152 valence electrons. The highest BCUT2D eigenvalue weighted by atomic mass is 35.5. The van der Waals surface area contributed by atoms with Crippen molar-refractivity contribution in [1.29, 1.82) is 0 Å². The number of rotatable bonds is 4. The van der Waals surface area contributed by atoms with Crippen LogP contribution in [0.4, 0.5) is 0 Å². The summed E-state index contributed by atoms with van der Waals surface area (Å²) >= 11 is 0. The van der Waals surface area contributed by atoms with Crippen LogP contribution in [0.5, 0.6) is 0 Å². The predicted molar refractivity (Wildman–Crippen MR) is 120 cm³/mol. The van der Waals surface area contributed by atoms with Gasteiger partial charge in [-0.05, 0) is 37.1 Å². The van der Waals surface area contributed by atoms with Crippen LogP contribution in [0, 0.1) is 0 Å². The van der Waals surface area contributed by atoms with Crippen molar-refractivity contribution >= 4 is 30.7 Å². The number of nitrogens with one attached hydrogen (secondary N) is 3. The van der Waals surface area contributed by atoms with Crippen molar-refractivity contribution in [1.82, 2.24) is 20.8 Å². The maximum Gasteiger partial charge on any atom is 0.251 e. The Morgan fingerprint density at radius 2 is 1.90 bits per heavy atom. The molecule has 2 heterocycles. The molecule has 1 aliphatic heterocycles. The SMILES string of the molecule is Cl.Cl.O=C(NCC1CCCN1)c1ccc(-c2n[nH]c3c2Cc2ccccc2-3)cc1. The fraction of sp³-hybridized carbons (Fsp3) is 0.273. The molecule has 0 bridgehead atoms. The summed E-state index contributed by atoms with van der Waals surface area (Å²) in [6, 6.07) is 16.6. The first-order valence-electron chi connectivity index (χ1n) is 9.57. The molecule has 1 unspecified atom stereocenters. The molecule has 5 rings (SSSR count). The summed E-state index contributed by atoms with van der Waals surface area (Å²) in [6.45, 7) is 1.73. The molecule has 1 aromatic heterocycles. The van der Waals surface area contributed by atoms with Crippen LogP contribution >= 0.6 is 24.8 Å². The maximum absolute atomic E-state index is 12.4. The number of halogens is 2. The summed E-state index contributed by atoms with van der Waals surface area (Å²) in [5, 5.41) is 14.2. The number of hydrogen-bond acceptors (Lipinski definition) is 3. The number of aromatic amines is 1. The zero-order valence-corrected chi connectivity index (χ0v) is 17.5. The normalized spacial score (nSPS) is 16.3. The van der Waals surface area contributed by atoms with Crippen molar-refractivity contribution in [2.24, 2.45) is 0 Å². The van der Waals surface area contributed by atoms with Gasteiger partial charge in [-0.3, -0.25) is 9.89 Å². The van der Waals surface area contributed by atoms with Crippen molar-refractivity contribution in [2.45, 2.75) is 25.3 Å². The van der Waals surface area contributed by atoms with Crippen molar-refractivity contribution in [3.8, 4) is 22.5 Å². The quantitative estimate of drug-likeness (QED) is 0.458. The Morgan fingerprint density at radius 1 is 1.10 bits per heavy atom. The van der Waals surface area contributed by atoms with Crippen LogP contribution in [-0.2, 0) is 6.42 Å². The van der Waals surface area contributed by atoms with E-state index in [1.165, 1.54) is 23.1 Å². The third kappa shape index (κ3) is 4.04. The van der Waals surface area contributed by atoms with Gasteiger partial charge < -0.3 is 10.6 Å². The number of fused-ring (bicyclic) bond motifs is 3. The zero-order valence-electron chi connectivity index (χ0n) is 15.9. The molecule has 0 spiro atoms. The fourth-order valence-corrected chi connectivity index (χ4v) is 4.14. The summed E-state index contributed by atoms with van der Waals surface area (Å²) in [4.78, 5) is 12.4. The number of H-pyrrole nitrogens is 1. The van der Waals surface area contributed by atoms with Crippen molar-refractivity contribution < 1.29 is 4.79 Å². The number of carbonyl (C=O) groups is 1. The number of hydrogen-bond donors (Lipinski definition) is 3. The Labute approximate surface area is 182 Å². The van der Waals surface area contributed by atoms with Crippen molar-refractivity contribution in [2.75, 3.05) is 13.1 Å². The molecule has 1 amide bonds. The van der Waals surface area contributed by atoms with Crippen molar-refractivity contribution in [3.63, 3.8) is 0 Å². The highest BCUT2D eigenvalue weighted by Crippen LogP contribution is 2.39. The first kappa shape index (κ1) is 21.4. The molecular formula is C22H24Cl2N4O. The topological polar surface area (TPSA) is 69.8 Å². The van der Waals surface area contributed by atoms with Gasteiger partial charge in [0.05, 0.1) is 11.4 Å². The van der Waals surface area contributed by atoms with E-state index in [9.17, 15) is 4.79 Å². The lowest BCUT2D eigenvalue weighted by molar-refractivity contribution is 0.0950. The molecule has 2 aromatic carbocycles. The Kier molecular flexibility index (Phi) is 6.63. The standard InChI is InChI=1S/C22H22N4O.2ClH/c27-22(24-13-17-5-3-11-23-17)15-9-7-14(8-10-15)20-19-12-16-4-1-2-6-18(16)21(19)26-25-20;;/h1-2,4,6-10,17,23H,3,5,11-13H2,(H,24,27)(H,25,26);2*1H. The van der Waals surface area contributed by atoms with Gasteiger partial charge in [-0.1, -0.05) is 36.4 Å². The molecule has 2 aliphatic rings. The molecule has 1 saturated heterocycles. The van der Waals surface area contributed by atoms with Crippen LogP contribution in [-0.4, -0.2) is 35.2 Å². The van der Waals surface area contributed by atoms with E-state index in [-0.39, 0.29) is 30.7 Å². The van der Waals surface area contributed by atoms with Gasteiger partial charge in [-0.25, -0.2) is 0 Å². The van der Waals surface area contributed by atoms with Gasteiger partial charge >= 0.3 is 0 Å². The minimum Gasteiger partial charge on any atom is -0.350 e. The van der Waals surface area contributed by atoms with Crippen LogP contribution in [0.2, 0.25) is 0 Å². The minimum absolute atomic E-state index is 0. The number of nitrogens with zero attached hydrogens (tertiary/aromatic N) is 1. The summed E-state index contributed by atoms with van der Waals surface area (Å²) in [7, 11) is 0. The summed E-state index contributed by atoms with van der Waals surface area (Å²) < 4.78 is 0. The first-order valence-corrected chi connectivity index (χ1v) is 9.57. The molecule has 1 atom stereocenters. The summed E-state index contributed by atoms with van der Waals surface area (Å²) in [6.07, 6.45) is 3.22. The van der Waals surface area contributed by atoms with E-state index in [4.69, 9.17) is 0 Å². The highest BCUT2D eigenvalue weighted by molar-refractivity contribution is 5.94. The minimum atomic E-state index is -0.0186. The van der Waals surface area contributed by atoms with Gasteiger partial charge in [0.2, 0.25) is 0 Å². The van der Waals surface area contributed by atoms with Crippen LogP contribution in [0.25, 0.3) is 22.5 Å². The second-order valence-corrected chi connectivity index (χ2v) is 7.34. The summed E-state index contributed by atoms with van der Waals surface area (Å²) in [5.74, 6) is -0.0186. The highest BCUT2D eigenvalue weighted by Gasteiger charge is 2.24. The molecule has 7 heteroatoms. The average Bonchev–Trinajstić information content (AvgIpc) is 3.43. The Bertz CT molecular complexity index is 994. The van der Waals surface area contributed by atoms with Gasteiger partial charge in [0.15, 0.2) is 0 Å². The third-order valence-electron chi connectivity index (χ3n) is 5.61. The Morgan fingerprint density at radius 3 is 2.66 bits per heavy atom. The van der Waals surface area contributed by atoms with E-state index in [0.717, 1.165) is 36.3 Å². The van der Waals surface area contributed by atoms with Gasteiger partial charge in [0.25, 0.3) is 5.91 Å². The Hall–Kier alpha value is -2.34. The molecule has 5 nitrogen and oxygen atoms in total. The second kappa shape index (κ2) is 8.99. The number of aromatic nitrogens is 2. The second-order valence-electron chi connectivity index (χ2n) is 7.34. The van der Waals surface area contributed by atoms with Gasteiger partial charge in [-0.15, -0.1) is 24.8 Å². The lowest BCUT2D eigenvalue weighted by Gasteiger charge is -2.11. The third-order valence-corrected chi connectivity index (χ3v) is 5.61. The lowest BCUT2D eigenvalue weighted by Crippen LogP contribution is -2.37. The molecule has 3 aromatic rings. The number of carbonyl (C=O) groups excluding carboxylic acids is 1. The largest absolute Gasteiger partial charge is 0.350 e. The molecule has 0 saturated carbocycles. The maximum atomic E-state index is 12.4. The lowest BCUT2D eigenvalue weighted by atomic mass is 10.0. The predicted octanol–water partition coefficient (Wildman–Crippen LogP) is 3.97. The fourth-order valence-electron chi connectivity index (χ4n) is 4.14. The van der Waals surface area contributed by atoms with Crippen LogP contribution < -0.4 is 10.6 Å². The van der Waals surface area contributed by atoms with E-state index in [1.54, 1.807) is 0 Å².